The molecule has 1 N–H and O–H groups in total. The van der Waals surface area contributed by atoms with Crippen molar-refractivity contribution < 1.29 is 14.3 Å². The quantitative estimate of drug-likeness (QED) is 0.866. The summed E-state index contributed by atoms with van der Waals surface area (Å²) in [5.41, 5.74) is 1.79. The molecule has 2 aromatic carbocycles. The van der Waals surface area contributed by atoms with Crippen molar-refractivity contribution in [2.75, 3.05) is 0 Å². The Kier molecular flexibility index (Phi) is 3.74. The van der Waals surface area contributed by atoms with Crippen LogP contribution in [-0.4, -0.2) is 11.7 Å². The van der Waals surface area contributed by atoms with E-state index in [1.54, 1.807) is 18.2 Å². The van der Waals surface area contributed by atoms with Crippen LogP contribution >= 0.6 is 0 Å². The van der Waals surface area contributed by atoms with E-state index < -0.39 is 6.10 Å². The molecule has 22 heavy (non-hydrogen) atoms. The molecule has 1 aliphatic heterocycles. The number of ether oxygens (including phenoxy) is 1. The third-order valence-electron chi connectivity index (χ3n) is 3.45. The van der Waals surface area contributed by atoms with Crippen LogP contribution in [0.15, 0.2) is 66.4 Å². The summed E-state index contributed by atoms with van der Waals surface area (Å²) >= 11 is 0. The average Bonchev–Trinajstić information content (AvgIpc) is 2.54. The minimum absolute atomic E-state index is 0.135. The van der Waals surface area contributed by atoms with Crippen molar-refractivity contribution in [2.45, 2.75) is 13.0 Å². The van der Waals surface area contributed by atoms with E-state index >= 15 is 0 Å². The van der Waals surface area contributed by atoms with Crippen molar-refractivity contribution in [3.63, 3.8) is 0 Å². The van der Waals surface area contributed by atoms with Gasteiger partial charge >= 0.3 is 0 Å². The zero-order valence-corrected chi connectivity index (χ0v) is 12.1. The molecule has 0 saturated carbocycles. The lowest BCUT2D eigenvalue weighted by Crippen LogP contribution is -2.26. The van der Waals surface area contributed by atoms with Crippen LogP contribution in [-0.2, 0) is 4.79 Å². The van der Waals surface area contributed by atoms with Crippen LogP contribution in [0.3, 0.4) is 0 Å². The number of amides is 1. The minimum atomic E-state index is -0.532. The molecule has 0 aromatic heterocycles. The first kappa shape index (κ1) is 14.1. The maximum Gasteiger partial charge on any atom is 0.220 e. The zero-order chi connectivity index (χ0) is 15.5. The fourth-order valence-electron chi connectivity index (χ4n) is 2.42. The average molecular weight is 293 g/mol. The summed E-state index contributed by atoms with van der Waals surface area (Å²) < 4.78 is 5.99. The molecule has 0 radical (unpaired) electrons. The normalized spacial score (nSPS) is 18.5. The fraction of sp³-hybridized carbons (Fsp3) is 0.111. The van der Waals surface area contributed by atoms with Gasteiger partial charge in [0.15, 0.2) is 11.9 Å². The highest BCUT2D eigenvalue weighted by atomic mass is 16.5. The summed E-state index contributed by atoms with van der Waals surface area (Å²) in [7, 11) is 0. The lowest BCUT2D eigenvalue weighted by atomic mass is 9.91. The van der Waals surface area contributed by atoms with E-state index in [0.717, 1.165) is 5.56 Å². The van der Waals surface area contributed by atoms with Crippen molar-refractivity contribution in [1.82, 2.24) is 5.32 Å². The van der Waals surface area contributed by atoms with Crippen LogP contribution in [0, 0.1) is 0 Å². The highest BCUT2D eigenvalue weighted by molar-refractivity contribution is 6.12. The molecular formula is C18H15NO3. The Hall–Kier alpha value is -2.88. The third kappa shape index (κ3) is 2.63. The summed E-state index contributed by atoms with van der Waals surface area (Å²) in [6, 6.07) is 16.6. The summed E-state index contributed by atoms with van der Waals surface area (Å²) in [5, 5.41) is 2.57. The van der Waals surface area contributed by atoms with Gasteiger partial charge in [-0.15, -0.1) is 0 Å². The van der Waals surface area contributed by atoms with Crippen molar-refractivity contribution in [3.8, 4) is 5.75 Å². The summed E-state index contributed by atoms with van der Waals surface area (Å²) in [5.74, 6) is 0.191. The smallest absolute Gasteiger partial charge is 0.220 e. The number of nitrogens with one attached hydrogen (secondary N) is 1. The Bertz CT molecular complexity index is 750. The molecule has 2 aromatic rings. The number of rotatable bonds is 2. The molecule has 1 heterocycles. The Morgan fingerprint density at radius 1 is 1.09 bits per heavy atom. The Morgan fingerprint density at radius 3 is 2.50 bits per heavy atom. The SMILES string of the molecule is CC(=O)N/C=C1\C(=O)c2ccccc2OC1c1ccccc1. The molecule has 0 aliphatic carbocycles. The van der Waals surface area contributed by atoms with E-state index in [1.807, 2.05) is 36.4 Å². The van der Waals surface area contributed by atoms with Gasteiger partial charge in [-0.25, -0.2) is 0 Å². The van der Waals surface area contributed by atoms with E-state index in [4.69, 9.17) is 4.74 Å². The van der Waals surface area contributed by atoms with Crippen molar-refractivity contribution in [2.24, 2.45) is 0 Å². The van der Waals surface area contributed by atoms with Crippen LogP contribution in [0.1, 0.15) is 28.9 Å². The van der Waals surface area contributed by atoms with E-state index in [-0.39, 0.29) is 11.7 Å². The summed E-state index contributed by atoms with van der Waals surface area (Å²) in [6.45, 7) is 1.40. The van der Waals surface area contributed by atoms with Gasteiger partial charge in [0.1, 0.15) is 5.75 Å². The predicted octanol–water partition coefficient (Wildman–Crippen LogP) is 3.02. The van der Waals surface area contributed by atoms with Crippen molar-refractivity contribution in [1.29, 1.82) is 0 Å². The van der Waals surface area contributed by atoms with Crippen LogP contribution in [0.4, 0.5) is 0 Å². The van der Waals surface area contributed by atoms with Crippen LogP contribution in [0.25, 0.3) is 0 Å². The van der Waals surface area contributed by atoms with Gasteiger partial charge in [-0.1, -0.05) is 42.5 Å². The van der Waals surface area contributed by atoms with Gasteiger partial charge in [0.2, 0.25) is 5.91 Å². The maximum atomic E-state index is 12.7. The molecule has 0 spiro atoms. The van der Waals surface area contributed by atoms with Gasteiger partial charge in [0, 0.05) is 13.1 Å². The van der Waals surface area contributed by atoms with Gasteiger partial charge in [0.25, 0.3) is 0 Å². The maximum absolute atomic E-state index is 12.7. The zero-order valence-electron chi connectivity index (χ0n) is 12.1. The Morgan fingerprint density at radius 2 is 1.77 bits per heavy atom. The number of hydrogen-bond acceptors (Lipinski definition) is 3. The van der Waals surface area contributed by atoms with Crippen LogP contribution in [0.2, 0.25) is 0 Å². The van der Waals surface area contributed by atoms with Gasteiger partial charge in [-0.2, -0.15) is 0 Å². The number of fused-ring (bicyclic) bond motifs is 1. The molecule has 3 rings (SSSR count). The largest absolute Gasteiger partial charge is 0.480 e. The van der Waals surface area contributed by atoms with Gasteiger partial charge in [0.05, 0.1) is 11.1 Å². The number of para-hydroxylation sites is 1. The molecule has 110 valence electrons. The standard InChI is InChI=1S/C18H15NO3/c1-12(20)19-11-15-17(21)14-9-5-6-10-16(14)22-18(15)13-7-3-2-4-8-13/h2-11,18H,1H3,(H,19,20)/b15-11+. The monoisotopic (exact) mass is 293 g/mol. The molecule has 4 heteroatoms. The van der Waals surface area contributed by atoms with Crippen LogP contribution < -0.4 is 10.1 Å². The number of carbonyl (C=O) groups is 2. The van der Waals surface area contributed by atoms with E-state index in [0.29, 0.717) is 16.9 Å². The Labute approximate surface area is 128 Å². The Balaban J connectivity index is 2.08. The van der Waals surface area contributed by atoms with Gasteiger partial charge in [-0.3, -0.25) is 9.59 Å². The number of ketones is 1. The molecule has 1 amide bonds. The molecule has 1 unspecified atom stereocenters. The first-order chi connectivity index (χ1) is 10.7. The topological polar surface area (TPSA) is 55.4 Å². The lowest BCUT2D eigenvalue weighted by Gasteiger charge is -2.28. The first-order valence-electron chi connectivity index (χ1n) is 6.99. The van der Waals surface area contributed by atoms with Crippen molar-refractivity contribution in [3.05, 3.63) is 77.5 Å². The highest BCUT2D eigenvalue weighted by Crippen LogP contribution is 2.37. The number of benzene rings is 2. The summed E-state index contributed by atoms with van der Waals surface area (Å²) in [4.78, 5) is 23.9. The second-order valence-electron chi connectivity index (χ2n) is 5.03. The molecule has 1 aliphatic rings. The van der Waals surface area contributed by atoms with E-state index in [2.05, 4.69) is 5.32 Å². The van der Waals surface area contributed by atoms with E-state index in [1.165, 1.54) is 13.1 Å². The molecule has 0 saturated heterocycles. The molecule has 0 fully saturated rings. The lowest BCUT2D eigenvalue weighted by molar-refractivity contribution is -0.118. The fourth-order valence-corrected chi connectivity index (χ4v) is 2.42. The predicted molar refractivity (Wildman–Crippen MR) is 82.5 cm³/mol. The van der Waals surface area contributed by atoms with Crippen molar-refractivity contribution >= 4 is 11.7 Å². The van der Waals surface area contributed by atoms with Crippen LogP contribution in [0.5, 0.6) is 5.75 Å². The molecular weight excluding hydrogens is 278 g/mol. The van der Waals surface area contributed by atoms with Gasteiger partial charge in [-0.05, 0) is 17.7 Å². The van der Waals surface area contributed by atoms with E-state index in [9.17, 15) is 9.59 Å². The number of Topliss-reactive ketones (excluding diaryl/α,β-unsaturated/α-hetero) is 1. The highest BCUT2D eigenvalue weighted by Gasteiger charge is 2.32. The summed E-state index contributed by atoms with van der Waals surface area (Å²) in [6.07, 6.45) is 0.911. The van der Waals surface area contributed by atoms with Gasteiger partial charge < -0.3 is 10.1 Å². The molecule has 1 atom stereocenters. The number of carbonyl (C=O) groups excluding carboxylic acids is 2. The molecule has 4 nitrogen and oxygen atoms in total. The third-order valence-corrected chi connectivity index (χ3v) is 3.45. The molecule has 0 bridgehead atoms. The minimum Gasteiger partial charge on any atom is -0.480 e. The second kappa shape index (κ2) is 5.85. The number of hydrogen-bond donors (Lipinski definition) is 1. The second-order valence-corrected chi connectivity index (χ2v) is 5.03. The first-order valence-corrected chi connectivity index (χ1v) is 6.99.